The quantitative estimate of drug-likeness (QED) is 0.547. The second-order valence-corrected chi connectivity index (χ2v) is 8.10. The van der Waals surface area contributed by atoms with E-state index in [9.17, 15) is 18.8 Å². The number of nitrogens with zero attached hydrogens (tertiary/aromatic N) is 1. The third-order valence-corrected chi connectivity index (χ3v) is 5.90. The number of carbonyl (C=O) groups excluding carboxylic acids is 3. The maximum atomic E-state index is 13.5. The first-order valence-electron chi connectivity index (χ1n) is 11.2. The molecule has 1 heterocycles. The van der Waals surface area contributed by atoms with Crippen LogP contribution in [0.25, 0.3) is 0 Å². The molecule has 0 aliphatic carbocycles. The van der Waals surface area contributed by atoms with Crippen LogP contribution in [-0.4, -0.2) is 69.1 Å². The maximum absolute atomic E-state index is 13.5. The minimum absolute atomic E-state index is 0.165. The van der Waals surface area contributed by atoms with Crippen molar-refractivity contribution in [1.82, 2.24) is 15.5 Å². The number of carbonyl (C=O) groups is 3. The van der Waals surface area contributed by atoms with Crippen LogP contribution in [0.15, 0.2) is 48.5 Å². The fourth-order valence-corrected chi connectivity index (χ4v) is 3.99. The van der Waals surface area contributed by atoms with E-state index in [4.69, 9.17) is 9.47 Å². The molecular weight excluding hydrogens is 441 g/mol. The molecule has 2 aromatic rings. The number of rotatable bonds is 9. The topological polar surface area (TPSA) is 97.0 Å². The Labute approximate surface area is 198 Å². The van der Waals surface area contributed by atoms with Gasteiger partial charge >= 0.3 is 0 Å². The van der Waals surface area contributed by atoms with Crippen molar-refractivity contribution in [2.24, 2.45) is 5.92 Å². The molecule has 1 fully saturated rings. The Morgan fingerprint density at radius 1 is 1.06 bits per heavy atom. The van der Waals surface area contributed by atoms with E-state index in [-0.39, 0.29) is 23.6 Å². The molecule has 1 atom stereocenters. The zero-order valence-electron chi connectivity index (χ0n) is 19.4. The summed E-state index contributed by atoms with van der Waals surface area (Å²) in [7, 11) is 3.08. The van der Waals surface area contributed by atoms with Gasteiger partial charge in [-0.2, -0.15) is 0 Å². The van der Waals surface area contributed by atoms with Gasteiger partial charge in [-0.05, 0) is 61.2 Å². The summed E-state index contributed by atoms with van der Waals surface area (Å²) in [5.74, 6) is -0.917. The molecule has 0 saturated carbocycles. The highest BCUT2D eigenvalue weighted by atomic mass is 19.1. The fraction of sp³-hybridized carbons (Fsp3) is 0.400. The normalized spacial score (nSPS) is 14.9. The van der Waals surface area contributed by atoms with Crippen molar-refractivity contribution >= 4 is 17.7 Å². The molecule has 1 unspecified atom stereocenters. The monoisotopic (exact) mass is 471 g/mol. The Kier molecular flexibility index (Phi) is 8.98. The number of likely N-dealkylation sites (tertiary alicyclic amines) is 1. The highest BCUT2D eigenvalue weighted by Crippen LogP contribution is 2.23. The smallest absolute Gasteiger partial charge is 0.253 e. The summed E-state index contributed by atoms with van der Waals surface area (Å²) >= 11 is 0. The number of hydrogen-bond donors (Lipinski definition) is 2. The van der Waals surface area contributed by atoms with E-state index < -0.39 is 11.9 Å². The fourth-order valence-electron chi connectivity index (χ4n) is 3.99. The zero-order chi connectivity index (χ0) is 24.5. The summed E-state index contributed by atoms with van der Waals surface area (Å²) < 4.78 is 23.6. The summed E-state index contributed by atoms with van der Waals surface area (Å²) in [6.07, 6.45) is 1.04. The van der Waals surface area contributed by atoms with Crippen molar-refractivity contribution in [3.8, 4) is 5.75 Å². The molecule has 9 heteroatoms. The lowest BCUT2D eigenvalue weighted by Gasteiger charge is -2.36. The molecule has 1 aliphatic rings. The van der Waals surface area contributed by atoms with Gasteiger partial charge in [0.2, 0.25) is 5.91 Å². The number of amides is 3. The van der Waals surface area contributed by atoms with Gasteiger partial charge in [0.05, 0.1) is 13.7 Å². The second kappa shape index (κ2) is 12.1. The highest BCUT2D eigenvalue weighted by Gasteiger charge is 2.34. The van der Waals surface area contributed by atoms with Crippen LogP contribution in [0.5, 0.6) is 5.75 Å². The number of hydrogen-bond acceptors (Lipinski definition) is 5. The highest BCUT2D eigenvalue weighted by molar-refractivity contribution is 5.98. The molecule has 0 bridgehead atoms. The molecule has 3 rings (SSSR count). The summed E-state index contributed by atoms with van der Waals surface area (Å²) in [4.78, 5) is 40.2. The number of piperidine rings is 1. The molecule has 1 saturated heterocycles. The van der Waals surface area contributed by atoms with Gasteiger partial charge in [0.15, 0.2) is 0 Å². The van der Waals surface area contributed by atoms with Crippen LogP contribution in [-0.2, 0) is 9.53 Å². The summed E-state index contributed by atoms with van der Waals surface area (Å²) in [6, 6.07) is 11.5. The van der Waals surface area contributed by atoms with Crippen LogP contribution in [0.1, 0.15) is 33.6 Å². The van der Waals surface area contributed by atoms with Crippen molar-refractivity contribution < 1.29 is 28.2 Å². The molecule has 3 amide bonds. The molecule has 2 aromatic carbocycles. The summed E-state index contributed by atoms with van der Waals surface area (Å²) in [5.41, 5.74) is 0.703. The number of halogens is 1. The number of ether oxygens (including phenoxy) is 2. The van der Waals surface area contributed by atoms with Crippen molar-refractivity contribution in [2.75, 3.05) is 40.5 Å². The minimum atomic E-state index is -0.766. The van der Waals surface area contributed by atoms with Crippen LogP contribution in [0, 0.1) is 11.7 Å². The van der Waals surface area contributed by atoms with Gasteiger partial charge in [-0.25, -0.2) is 4.39 Å². The van der Waals surface area contributed by atoms with E-state index in [0.717, 1.165) is 0 Å². The molecule has 8 nitrogen and oxygen atoms in total. The lowest BCUT2D eigenvalue weighted by atomic mass is 9.88. The van der Waals surface area contributed by atoms with Crippen molar-refractivity contribution in [1.29, 1.82) is 0 Å². The maximum Gasteiger partial charge on any atom is 0.253 e. The van der Waals surface area contributed by atoms with Crippen LogP contribution in [0.4, 0.5) is 4.39 Å². The van der Waals surface area contributed by atoms with Crippen LogP contribution < -0.4 is 15.4 Å². The Hall–Kier alpha value is -3.46. The van der Waals surface area contributed by atoms with Gasteiger partial charge < -0.3 is 25.0 Å². The van der Waals surface area contributed by atoms with Gasteiger partial charge in [-0.1, -0.05) is 6.07 Å². The predicted molar refractivity (Wildman–Crippen MR) is 124 cm³/mol. The van der Waals surface area contributed by atoms with Gasteiger partial charge in [-0.15, -0.1) is 0 Å². The van der Waals surface area contributed by atoms with E-state index >= 15 is 0 Å². The van der Waals surface area contributed by atoms with Crippen molar-refractivity contribution in [3.63, 3.8) is 0 Å². The SMILES string of the molecule is COCCNC(=O)C(NC(=O)c1ccc(OC)cc1)C1CCN(C(=O)c2cccc(F)c2)CC1. The van der Waals surface area contributed by atoms with E-state index in [1.807, 2.05) is 0 Å². The number of nitrogens with one attached hydrogen (secondary N) is 2. The third kappa shape index (κ3) is 6.54. The zero-order valence-corrected chi connectivity index (χ0v) is 19.4. The Bertz CT molecular complexity index is 990. The van der Waals surface area contributed by atoms with Crippen molar-refractivity contribution in [2.45, 2.75) is 18.9 Å². The first kappa shape index (κ1) is 25.2. The first-order chi connectivity index (χ1) is 16.4. The Morgan fingerprint density at radius 2 is 1.76 bits per heavy atom. The lowest BCUT2D eigenvalue weighted by molar-refractivity contribution is -0.124. The van der Waals surface area contributed by atoms with E-state index in [2.05, 4.69) is 10.6 Å². The van der Waals surface area contributed by atoms with Gasteiger partial charge in [0.25, 0.3) is 11.8 Å². The van der Waals surface area contributed by atoms with Crippen molar-refractivity contribution in [3.05, 3.63) is 65.5 Å². The summed E-state index contributed by atoms with van der Waals surface area (Å²) in [6.45, 7) is 1.48. The first-order valence-corrected chi connectivity index (χ1v) is 11.2. The average Bonchev–Trinajstić information content (AvgIpc) is 2.87. The standard InChI is InChI=1S/C25H30FN3O5/c1-33-15-12-27-24(31)22(28-23(30)18-6-8-21(34-2)9-7-18)17-10-13-29(14-11-17)25(32)19-4-3-5-20(26)16-19/h3-9,16-17,22H,10-15H2,1-2H3,(H,27,31)(H,28,30). The van der Waals surface area contributed by atoms with Gasteiger partial charge in [0.1, 0.15) is 17.6 Å². The van der Waals surface area contributed by atoms with E-state index in [1.54, 1.807) is 49.5 Å². The average molecular weight is 472 g/mol. The third-order valence-electron chi connectivity index (χ3n) is 5.90. The summed E-state index contributed by atoms with van der Waals surface area (Å²) in [5, 5.41) is 5.67. The van der Waals surface area contributed by atoms with E-state index in [0.29, 0.717) is 56.0 Å². The van der Waals surface area contributed by atoms with Crippen LogP contribution in [0.2, 0.25) is 0 Å². The second-order valence-electron chi connectivity index (χ2n) is 8.10. The largest absolute Gasteiger partial charge is 0.497 e. The molecule has 0 radical (unpaired) electrons. The van der Waals surface area contributed by atoms with Gasteiger partial charge in [0, 0.05) is 37.9 Å². The van der Waals surface area contributed by atoms with E-state index in [1.165, 1.54) is 18.2 Å². The Morgan fingerprint density at radius 3 is 2.38 bits per heavy atom. The van der Waals surface area contributed by atoms with Crippen LogP contribution in [0.3, 0.4) is 0 Å². The van der Waals surface area contributed by atoms with Crippen LogP contribution >= 0.6 is 0 Å². The molecule has 34 heavy (non-hydrogen) atoms. The number of benzene rings is 2. The molecule has 1 aliphatic heterocycles. The lowest BCUT2D eigenvalue weighted by Crippen LogP contribution is -2.54. The molecule has 0 spiro atoms. The minimum Gasteiger partial charge on any atom is -0.497 e. The predicted octanol–water partition coefficient (Wildman–Crippen LogP) is 2.25. The molecule has 182 valence electrons. The van der Waals surface area contributed by atoms with Gasteiger partial charge in [-0.3, -0.25) is 14.4 Å². The molecule has 0 aromatic heterocycles. The number of methoxy groups -OCH3 is 2. The molecular formula is C25H30FN3O5. The Balaban J connectivity index is 1.67. The molecule has 2 N–H and O–H groups in total.